The molecule has 18 heavy (non-hydrogen) atoms. The van der Waals surface area contributed by atoms with Gasteiger partial charge >= 0.3 is 0 Å². The molecule has 0 N–H and O–H groups in total. The summed E-state index contributed by atoms with van der Waals surface area (Å²) in [4.78, 5) is 0.525. The minimum Gasteiger partial charge on any atom is -0.384 e. The second kappa shape index (κ2) is 7.30. The van der Waals surface area contributed by atoms with Gasteiger partial charge in [-0.3, -0.25) is 0 Å². The van der Waals surface area contributed by atoms with Crippen LogP contribution in [-0.4, -0.2) is 13.7 Å². The van der Waals surface area contributed by atoms with Gasteiger partial charge in [0.2, 0.25) is 0 Å². The zero-order valence-electron chi connectivity index (χ0n) is 11.2. The van der Waals surface area contributed by atoms with E-state index in [2.05, 4.69) is 40.2 Å². The molecule has 2 rings (SSSR count). The number of ether oxygens (including phenoxy) is 1. The molecule has 1 atom stereocenters. The minimum absolute atomic E-state index is 0.525. The molecule has 0 aliphatic heterocycles. The van der Waals surface area contributed by atoms with Crippen LogP contribution in [0.1, 0.15) is 48.1 Å². The van der Waals surface area contributed by atoms with E-state index in [0.29, 0.717) is 4.83 Å². The molecule has 1 aromatic carbocycles. The number of halogens is 1. The van der Waals surface area contributed by atoms with Crippen molar-refractivity contribution in [1.82, 2.24) is 0 Å². The van der Waals surface area contributed by atoms with Crippen molar-refractivity contribution >= 4 is 15.9 Å². The molecule has 1 saturated carbocycles. The van der Waals surface area contributed by atoms with Gasteiger partial charge in [-0.2, -0.15) is 0 Å². The molecule has 1 fully saturated rings. The van der Waals surface area contributed by atoms with Crippen LogP contribution >= 0.6 is 15.9 Å². The fourth-order valence-electron chi connectivity index (χ4n) is 2.79. The van der Waals surface area contributed by atoms with Gasteiger partial charge in [-0.05, 0) is 29.9 Å². The maximum Gasteiger partial charge on any atom is 0.0502 e. The van der Waals surface area contributed by atoms with Gasteiger partial charge in [-0.15, -0.1) is 0 Å². The van der Waals surface area contributed by atoms with E-state index in [1.54, 1.807) is 7.11 Å². The molecule has 0 aromatic heterocycles. The maximum atomic E-state index is 5.10. The number of benzene rings is 1. The molecular formula is C16H23BrO. The van der Waals surface area contributed by atoms with Crippen molar-refractivity contribution in [2.24, 2.45) is 5.92 Å². The van der Waals surface area contributed by atoms with E-state index in [-0.39, 0.29) is 0 Å². The van der Waals surface area contributed by atoms with Gasteiger partial charge in [0.1, 0.15) is 0 Å². The van der Waals surface area contributed by atoms with Crippen LogP contribution in [0.4, 0.5) is 0 Å². The van der Waals surface area contributed by atoms with E-state index in [1.165, 1.54) is 43.2 Å². The standard InChI is InChI=1S/C16H23BrO/c1-18-11-10-13-6-8-15(9-7-13)16(17)12-14-4-2-3-5-14/h6-9,14,16H,2-5,10-12H2,1H3. The normalized spacial score (nSPS) is 18.1. The lowest BCUT2D eigenvalue weighted by Gasteiger charge is -2.15. The molecule has 0 saturated heterocycles. The van der Waals surface area contributed by atoms with Crippen molar-refractivity contribution in [2.75, 3.05) is 13.7 Å². The van der Waals surface area contributed by atoms with Crippen LogP contribution < -0.4 is 0 Å². The second-order valence-electron chi connectivity index (χ2n) is 5.34. The Bertz CT molecular complexity index is 341. The lowest BCUT2D eigenvalue weighted by Crippen LogP contribution is -2.00. The topological polar surface area (TPSA) is 9.23 Å². The highest BCUT2D eigenvalue weighted by Crippen LogP contribution is 2.37. The summed E-state index contributed by atoms with van der Waals surface area (Å²) < 4.78 is 5.10. The Balaban J connectivity index is 1.87. The molecule has 0 amide bonds. The molecule has 2 heteroatoms. The van der Waals surface area contributed by atoms with Gasteiger partial charge < -0.3 is 4.74 Å². The van der Waals surface area contributed by atoms with E-state index in [9.17, 15) is 0 Å². The zero-order chi connectivity index (χ0) is 12.8. The smallest absolute Gasteiger partial charge is 0.0502 e. The Morgan fingerprint density at radius 3 is 2.50 bits per heavy atom. The average molecular weight is 311 g/mol. The van der Waals surface area contributed by atoms with Gasteiger partial charge in [0, 0.05) is 11.9 Å². The lowest BCUT2D eigenvalue weighted by molar-refractivity contribution is 0.202. The van der Waals surface area contributed by atoms with Crippen molar-refractivity contribution < 1.29 is 4.74 Å². The first kappa shape index (κ1) is 14.1. The Labute approximate surface area is 119 Å². The van der Waals surface area contributed by atoms with Crippen LogP contribution in [0.15, 0.2) is 24.3 Å². The first-order valence-electron chi connectivity index (χ1n) is 7.01. The fourth-order valence-corrected chi connectivity index (χ4v) is 3.62. The van der Waals surface area contributed by atoms with Crippen LogP contribution in [0.5, 0.6) is 0 Å². The molecule has 1 aliphatic carbocycles. The Kier molecular flexibility index (Phi) is 5.71. The van der Waals surface area contributed by atoms with Crippen LogP contribution in [0, 0.1) is 5.92 Å². The van der Waals surface area contributed by atoms with Gasteiger partial charge in [0.05, 0.1) is 6.61 Å². The van der Waals surface area contributed by atoms with Gasteiger partial charge in [0.15, 0.2) is 0 Å². The predicted octanol–water partition coefficient (Wildman–Crippen LogP) is 4.89. The fraction of sp³-hybridized carbons (Fsp3) is 0.625. The SMILES string of the molecule is COCCc1ccc(C(Br)CC2CCCC2)cc1. The van der Waals surface area contributed by atoms with Crippen LogP contribution in [0.25, 0.3) is 0 Å². The predicted molar refractivity (Wildman–Crippen MR) is 80.3 cm³/mol. The Morgan fingerprint density at radius 1 is 1.22 bits per heavy atom. The van der Waals surface area contributed by atoms with Gasteiger partial charge in [-0.25, -0.2) is 0 Å². The summed E-state index contributed by atoms with van der Waals surface area (Å²) in [6.07, 6.45) is 8.01. The van der Waals surface area contributed by atoms with Crippen molar-refractivity contribution in [2.45, 2.75) is 43.4 Å². The van der Waals surface area contributed by atoms with Crippen molar-refractivity contribution in [3.63, 3.8) is 0 Å². The highest BCUT2D eigenvalue weighted by molar-refractivity contribution is 9.09. The Hall–Kier alpha value is -0.340. The lowest BCUT2D eigenvalue weighted by atomic mass is 9.97. The molecule has 1 aliphatic rings. The first-order chi connectivity index (χ1) is 8.79. The molecule has 1 unspecified atom stereocenters. The maximum absolute atomic E-state index is 5.10. The van der Waals surface area contributed by atoms with Crippen molar-refractivity contribution in [3.8, 4) is 0 Å². The number of alkyl halides is 1. The van der Waals surface area contributed by atoms with E-state index in [1.807, 2.05) is 0 Å². The summed E-state index contributed by atoms with van der Waals surface area (Å²) >= 11 is 3.85. The molecule has 1 nitrogen and oxygen atoms in total. The summed E-state index contributed by atoms with van der Waals surface area (Å²) in [6.45, 7) is 0.805. The monoisotopic (exact) mass is 310 g/mol. The number of rotatable bonds is 6. The number of hydrogen-bond donors (Lipinski definition) is 0. The van der Waals surface area contributed by atoms with Crippen molar-refractivity contribution in [3.05, 3.63) is 35.4 Å². The first-order valence-corrected chi connectivity index (χ1v) is 7.93. The third-order valence-electron chi connectivity index (χ3n) is 3.95. The summed E-state index contributed by atoms with van der Waals surface area (Å²) in [5.74, 6) is 0.933. The van der Waals surface area contributed by atoms with Crippen LogP contribution in [0.3, 0.4) is 0 Å². The molecule has 0 heterocycles. The van der Waals surface area contributed by atoms with Gasteiger partial charge in [-0.1, -0.05) is 65.9 Å². The highest BCUT2D eigenvalue weighted by Gasteiger charge is 2.19. The molecule has 0 radical (unpaired) electrons. The Morgan fingerprint density at radius 2 is 1.89 bits per heavy atom. The van der Waals surface area contributed by atoms with E-state index >= 15 is 0 Å². The summed E-state index contributed by atoms with van der Waals surface area (Å²) in [6, 6.07) is 8.99. The van der Waals surface area contributed by atoms with Crippen LogP contribution in [-0.2, 0) is 11.2 Å². The molecular weight excluding hydrogens is 288 g/mol. The van der Waals surface area contributed by atoms with Crippen molar-refractivity contribution in [1.29, 1.82) is 0 Å². The van der Waals surface area contributed by atoms with E-state index in [0.717, 1.165) is 18.9 Å². The quantitative estimate of drug-likeness (QED) is 0.680. The average Bonchev–Trinajstić information content (AvgIpc) is 2.89. The number of hydrogen-bond acceptors (Lipinski definition) is 1. The third kappa shape index (κ3) is 4.10. The third-order valence-corrected chi connectivity index (χ3v) is 4.85. The van der Waals surface area contributed by atoms with E-state index < -0.39 is 0 Å². The number of methoxy groups -OCH3 is 1. The summed E-state index contributed by atoms with van der Waals surface area (Å²) in [5, 5.41) is 0. The van der Waals surface area contributed by atoms with Gasteiger partial charge in [0.25, 0.3) is 0 Å². The molecule has 0 spiro atoms. The van der Waals surface area contributed by atoms with E-state index in [4.69, 9.17) is 4.74 Å². The van der Waals surface area contributed by atoms with Crippen LogP contribution in [0.2, 0.25) is 0 Å². The minimum atomic E-state index is 0.525. The second-order valence-corrected chi connectivity index (χ2v) is 6.44. The zero-order valence-corrected chi connectivity index (χ0v) is 12.8. The summed E-state index contributed by atoms with van der Waals surface area (Å²) in [5.41, 5.74) is 2.78. The highest BCUT2D eigenvalue weighted by atomic mass is 79.9. The summed E-state index contributed by atoms with van der Waals surface area (Å²) in [7, 11) is 1.75. The molecule has 100 valence electrons. The largest absolute Gasteiger partial charge is 0.384 e. The molecule has 0 bridgehead atoms. The molecule has 1 aromatic rings.